The van der Waals surface area contributed by atoms with Crippen LogP contribution in [0.3, 0.4) is 0 Å². The number of nitrogens with zero attached hydrogens (tertiary/aromatic N) is 1. The van der Waals surface area contributed by atoms with Gasteiger partial charge in [-0.1, -0.05) is 0 Å². The Balaban J connectivity index is 2.21. The molecule has 7 nitrogen and oxygen atoms in total. The van der Waals surface area contributed by atoms with E-state index in [0.29, 0.717) is 0 Å². The van der Waals surface area contributed by atoms with Gasteiger partial charge in [0.05, 0.1) is 6.61 Å². The Morgan fingerprint density at radius 3 is 2.72 bits per heavy atom. The van der Waals surface area contributed by atoms with Crippen molar-refractivity contribution in [1.82, 2.24) is 4.90 Å². The molecule has 2 rings (SSSR count). The lowest BCUT2D eigenvalue weighted by atomic mass is 9.99. The van der Waals surface area contributed by atoms with Crippen LogP contribution >= 0.6 is 11.8 Å². The smallest absolute Gasteiger partial charge is 0.329 e. The van der Waals surface area contributed by atoms with Crippen LogP contribution in [0.5, 0.6) is 0 Å². The fourth-order valence-electron chi connectivity index (χ4n) is 2.14. The molecule has 2 saturated heterocycles. The van der Waals surface area contributed by atoms with E-state index in [0.717, 1.165) is 4.90 Å². The van der Waals surface area contributed by atoms with Crippen LogP contribution in [0.15, 0.2) is 0 Å². The van der Waals surface area contributed by atoms with Gasteiger partial charge in [-0.25, -0.2) is 4.79 Å². The van der Waals surface area contributed by atoms with Gasteiger partial charge in [-0.2, -0.15) is 0 Å². The predicted molar refractivity (Wildman–Crippen MR) is 61.5 cm³/mol. The molecule has 0 aromatic rings. The standard InChI is InChI=1S/C10H15NO6S/c1-2-17-10(16)4-3-18-9-7(14)5(12)6(13)8(15)11(4)9/h4-7,9,12-14H,2-3H2,1H3/t4-,5+,6-,7-,9-/m0/s1. The molecule has 3 N–H and O–H groups in total. The average molecular weight is 277 g/mol. The zero-order valence-electron chi connectivity index (χ0n) is 9.72. The SMILES string of the molecule is CCOC(=O)[C@@H]1CS[C@H]2[C@@H](O)[C@H](O)[C@H](O)C(=O)N12. The van der Waals surface area contributed by atoms with E-state index in [9.17, 15) is 24.9 Å². The molecular weight excluding hydrogens is 262 g/mol. The van der Waals surface area contributed by atoms with Gasteiger partial charge in [0.2, 0.25) is 0 Å². The van der Waals surface area contributed by atoms with Crippen LogP contribution in [-0.2, 0) is 14.3 Å². The van der Waals surface area contributed by atoms with Gasteiger partial charge in [-0.05, 0) is 6.92 Å². The summed E-state index contributed by atoms with van der Waals surface area (Å²) < 4.78 is 4.85. The number of fused-ring (bicyclic) bond motifs is 1. The molecule has 0 radical (unpaired) electrons. The number of ether oxygens (including phenoxy) is 1. The van der Waals surface area contributed by atoms with Crippen molar-refractivity contribution in [3.63, 3.8) is 0 Å². The maximum Gasteiger partial charge on any atom is 0.329 e. The van der Waals surface area contributed by atoms with Crippen molar-refractivity contribution in [2.75, 3.05) is 12.4 Å². The Kier molecular flexibility index (Phi) is 3.81. The molecule has 18 heavy (non-hydrogen) atoms. The summed E-state index contributed by atoms with van der Waals surface area (Å²) in [6.07, 6.45) is -4.50. The van der Waals surface area contributed by atoms with Crippen molar-refractivity contribution in [3.8, 4) is 0 Å². The number of piperidine rings is 1. The highest BCUT2D eigenvalue weighted by Crippen LogP contribution is 2.37. The minimum absolute atomic E-state index is 0.195. The summed E-state index contributed by atoms with van der Waals surface area (Å²) in [5, 5.41) is 28.1. The molecule has 0 unspecified atom stereocenters. The molecule has 8 heteroatoms. The summed E-state index contributed by atoms with van der Waals surface area (Å²) in [6, 6.07) is -0.816. The van der Waals surface area contributed by atoms with Gasteiger partial charge in [-0.15, -0.1) is 11.8 Å². The number of aliphatic hydroxyl groups excluding tert-OH is 3. The molecule has 2 fully saturated rings. The topological polar surface area (TPSA) is 107 Å². The van der Waals surface area contributed by atoms with E-state index in [4.69, 9.17) is 4.74 Å². The summed E-state index contributed by atoms with van der Waals surface area (Å²) in [7, 11) is 0. The fourth-order valence-corrected chi connectivity index (χ4v) is 3.59. The minimum Gasteiger partial charge on any atom is -0.464 e. The van der Waals surface area contributed by atoms with Gasteiger partial charge in [-0.3, -0.25) is 4.79 Å². The van der Waals surface area contributed by atoms with E-state index in [1.807, 2.05) is 0 Å². The summed E-state index contributed by atoms with van der Waals surface area (Å²) >= 11 is 1.19. The van der Waals surface area contributed by atoms with Crippen molar-refractivity contribution in [2.24, 2.45) is 0 Å². The number of hydrogen-bond acceptors (Lipinski definition) is 7. The van der Waals surface area contributed by atoms with Gasteiger partial charge >= 0.3 is 5.97 Å². The lowest BCUT2D eigenvalue weighted by Gasteiger charge is -2.40. The fraction of sp³-hybridized carbons (Fsp3) is 0.800. The first kappa shape index (κ1) is 13.6. The molecule has 2 aliphatic heterocycles. The molecule has 0 aromatic carbocycles. The molecule has 0 bridgehead atoms. The number of carbonyl (C=O) groups is 2. The van der Waals surface area contributed by atoms with Crippen molar-refractivity contribution in [2.45, 2.75) is 36.7 Å². The van der Waals surface area contributed by atoms with E-state index in [1.54, 1.807) is 6.92 Å². The van der Waals surface area contributed by atoms with Crippen molar-refractivity contribution in [3.05, 3.63) is 0 Å². The molecule has 2 aliphatic rings. The number of esters is 1. The van der Waals surface area contributed by atoms with Crippen molar-refractivity contribution >= 4 is 23.6 Å². The first-order valence-electron chi connectivity index (χ1n) is 5.63. The second-order valence-electron chi connectivity index (χ2n) is 4.16. The van der Waals surface area contributed by atoms with E-state index in [2.05, 4.69) is 0 Å². The van der Waals surface area contributed by atoms with Crippen LogP contribution in [-0.4, -0.2) is 74.2 Å². The van der Waals surface area contributed by atoms with E-state index >= 15 is 0 Å². The number of amides is 1. The second kappa shape index (κ2) is 5.04. The molecular formula is C10H15NO6S. The zero-order chi connectivity index (χ0) is 13.4. The van der Waals surface area contributed by atoms with Gasteiger partial charge in [0, 0.05) is 5.75 Å². The molecule has 0 aromatic heterocycles. The highest BCUT2D eigenvalue weighted by atomic mass is 32.2. The molecule has 102 valence electrons. The summed E-state index contributed by atoms with van der Waals surface area (Å²) in [4.78, 5) is 24.7. The molecule has 5 atom stereocenters. The first-order chi connectivity index (χ1) is 8.49. The van der Waals surface area contributed by atoms with Gasteiger partial charge in [0.1, 0.15) is 23.6 Å². The van der Waals surface area contributed by atoms with Crippen molar-refractivity contribution in [1.29, 1.82) is 0 Å². The van der Waals surface area contributed by atoms with Crippen LogP contribution in [0.1, 0.15) is 6.92 Å². The van der Waals surface area contributed by atoms with E-state index < -0.39 is 41.6 Å². The minimum atomic E-state index is -1.70. The van der Waals surface area contributed by atoms with Crippen LogP contribution in [0.25, 0.3) is 0 Å². The van der Waals surface area contributed by atoms with Crippen molar-refractivity contribution < 1.29 is 29.6 Å². The van der Waals surface area contributed by atoms with E-state index in [1.165, 1.54) is 11.8 Å². The summed E-state index contributed by atoms with van der Waals surface area (Å²) in [5.74, 6) is -1.02. The van der Waals surface area contributed by atoms with Gasteiger partial charge in [0.25, 0.3) is 5.91 Å². The predicted octanol–water partition coefficient (Wildman–Crippen LogP) is -2.08. The third-order valence-corrected chi connectivity index (χ3v) is 4.42. The lowest BCUT2D eigenvalue weighted by molar-refractivity contribution is -0.176. The number of carbonyl (C=O) groups excluding carboxylic acids is 2. The first-order valence-corrected chi connectivity index (χ1v) is 6.68. The Bertz CT molecular complexity index is 364. The second-order valence-corrected chi connectivity index (χ2v) is 5.31. The van der Waals surface area contributed by atoms with Crippen LogP contribution in [0.4, 0.5) is 0 Å². The number of rotatable bonds is 2. The molecule has 0 saturated carbocycles. The molecule has 1 amide bonds. The molecule has 0 aliphatic carbocycles. The molecule has 0 spiro atoms. The van der Waals surface area contributed by atoms with Crippen LogP contribution < -0.4 is 0 Å². The maximum atomic E-state index is 11.9. The van der Waals surface area contributed by atoms with Gasteiger partial charge < -0.3 is 25.0 Å². The highest BCUT2D eigenvalue weighted by molar-refractivity contribution is 8.00. The number of hydrogen-bond donors (Lipinski definition) is 3. The van der Waals surface area contributed by atoms with Gasteiger partial charge in [0.15, 0.2) is 6.10 Å². The normalized spacial score (nSPS) is 39.7. The Labute approximate surface area is 108 Å². The zero-order valence-corrected chi connectivity index (χ0v) is 10.5. The van der Waals surface area contributed by atoms with Crippen LogP contribution in [0, 0.1) is 0 Å². The average Bonchev–Trinajstić information content (AvgIpc) is 2.79. The number of thioether (sulfide) groups is 1. The highest BCUT2D eigenvalue weighted by Gasteiger charge is 2.54. The third-order valence-electron chi connectivity index (χ3n) is 3.07. The maximum absolute atomic E-state index is 11.9. The number of aliphatic hydroxyl groups is 3. The lowest BCUT2D eigenvalue weighted by Crippen LogP contribution is -2.64. The third kappa shape index (κ3) is 1.99. The summed E-state index contributed by atoms with van der Waals surface area (Å²) in [5.41, 5.74) is 0. The van der Waals surface area contributed by atoms with Crippen LogP contribution in [0.2, 0.25) is 0 Å². The Morgan fingerprint density at radius 2 is 2.11 bits per heavy atom. The molecule has 2 heterocycles. The summed E-state index contributed by atoms with van der Waals surface area (Å²) in [6.45, 7) is 1.85. The quantitative estimate of drug-likeness (QED) is 0.497. The monoisotopic (exact) mass is 277 g/mol. The Morgan fingerprint density at radius 1 is 1.44 bits per heavy atom. The largest absolute Gasteiger partial charge is 0.464 e. The Hall–Kier alpha value is -0.830. The van der Waals surface area contributed by atoms with E-state index in [-0.39, 0.29) is 12.4 Å².